The summed E-state index contributed by atoms with van der Waals surface area (Å²) in [5.41, 5.74) is 0.899. The summed E-state index contributed by atoms with van der Waals surface area (Å²) < 4.78 is 4.80. The van der Waals surface area contributed by atoms with Gasteiger partial charge in [-0.3, -0.25) is 4.98 Å². The van der Waals surface area contributed by atoms with Crippen molar-refractivity contribution in [2.75, 3.05) is 7.11 Å². The maximum absolute atomic E-state index is 4.80. The Labute approximate surface area is 81.2 Å². The summed E-state index contributed by atoms with van der Waals surface area (Å²) in [4.78, 5) is 7.87. The van der Waals surface area contributed by atoms with Crippen molar-refractivity contribution >= 4 is 0 Å². The topological polar surface area (TPSA) is 35.0 Å². The monoisotopic (exact) mass is 184 g/mol. The van der Waals surface area contributed by atoms with Crippen LogP contribution in [0.25, 0.3) is 0 Å². The summed E-state index contributed by atoms with van der Waals surface area (Å²) in [5, 5.41) is 0. The first-order chi connectivity index (χ1) is 6.33. The number of rotatable bonds is 1. The first-order valence-electron chi connectivity index (χ1n) is 4.65. The molecule has 0 bridgehead atoms. The molecule has 1 aromatic heterocycles. The standard InChI is InChI=1S/C6H8N2O.2C2H6/c1-5-3-8-6(9-2)4-7-5;2*1-2/h3-4H,1-2H3;2*1-2H3. The normalized spacial score (nSPS) is 7.23. The molecule has 0 atom stereocenters. The average Bonchev–Trinajstić information content (AvgIpc) is 2.25. The highest BCUT2D eigenvalue weighted by Gasteiger charge is 1.88. The lowest BCUT2D eigenvalue weighted by atomic mass is 10.5. The molecular weight excluding hydrogens is 164 g/mol. The molecule has 0 aromatic carbocycles. The fourth-order valence-corrected chi connectivity index (χ4v) is 0.486. The summed E-state index contributed by atoms with van der Waals surface area (Å²) in [5.74, 6) is 0.556. The Bertz CT molecular complexity index is 185. The van der Waals surface area contributed by atoms with Gasteiger partial charge in [0.2, 0.25) is 5.88 Å². The summed E-state index contributed by atoms with van der Waals surface area (Å²) >= 11 is 0. The van der Waals surface area contributed by atoms with E-state index in [0.717, 1.165) is 5.69 Å². The van der Waals surface area contributed by atoms with Gasteiger partial charge >= 0.3 is 0 Å². The average molecular weight is 184 g/mol. The molecule has 0 aliphatic rings. The molecule has 0 radical (unpaired) electrons. The second kappa shape index (κ2) is 10.9. The van der Waals surface area contributed by atoms with Gasteiger partial charge in [-0.2, -0.15) is 0 Å². The van der Waals surface area contributed by atoms with Crippen molar-refractivity contribution < 1.29 is 4.74 Å². The van der Waals surface area contributed by atoms with Gasteiger partial charge in [0.15, 0.2) is 0 Å². The van der Waals surface area contributed by atoms with Gasteiger partial charge < -0.3 is 4.74 Å². The number of hydrogen-bond donors (Lipinski definition) is 0. The van der Waals surface area contributed by atoms with Crippen LogP contribution in [0.1, 0.15) is 33.4 Å². The van der Waals surface area contributed by atoms with Crippen LogP contribution in [0.15, 0.2) is 12.4 Å². The van der Waals surface area contributed by atoms with Crippen molar-refractivity contribution in [2.45, 2.75) is 34.6 Å². The molecule has 0 N–H and O–H groups in total. The quantitative estimate of drug-likeness (QED) is 0.673. The summed E-state index contributed by atoms with van der Waals surface area (Å²) in [6.07, 6.45) is 3.26. The van der Waals surface area contributed by atoms with Crippen molar-refractivity contribution in [1.82, 2.24) is 9.97 Å². The minimum absolute atomic E-state index is 0.556. The van der Waals surface area contributed by atoms with Crippen LogP contribution in [-0.2, 0) is 0 Å². The van der Waals surface area contributed by atoms with E-state index in [2.05, 4.69) is 9.97 Å². The predicted molar refractivity (Wildman–Crippen MR) is 56.0 cm³/mol. The smallest absolute Gasteiger partial charge is 0.231 e. The molecule has 0 aliphatic heterocycles. The second-order valence-corrected chi connectivity index (χ2v) is 1.70. The summed E-state index contributed by atoms with van der Waals surface area (Å²) in [7, 11) is 1.57. The molecular formula is C10H20N2O. The number of aryl methyl sites for hydroxylation is 1. The van der Waals surface area contributed by atoms with Crippen LogP contribution < -0.4 is 4.74 Å². The van der Waals surface area contributed by atoms with E-state index in [9.17, 15) is 0 Å². The lowest BCUT2D eigenvalue weighted by molar-refractivity contribution is 0.395. The number of ether oxygens (including phenoxy) is 1. The van der Waals surface area contributed by atoms with Gasteiger partial charge in [-0.05, 0) is 6.92 Å². The van der Waals surface area contributed by atoms with E-state index in [-0.39, 0.29) is 0 Å². The molecule has 13 heavy (non-hydrogen) atoms. The van der Waals surface area contributed by atoms with Crippen LogP contribution in [0.2, 0.25) is 0 Å². The van der Waals surface area contributed by atoms with Crippen LogP contribution in [0.5, 0.6) is 5.88 Å². The highest BCUT2D eigenvalue weighted by molar-refractivity contribution is 5.05. The molecule has 3 nitrogen and oxygen atoms in total. The zero-order valence-electron chi connectivity index (χ0n) is 9.46. The van der Waals surface area contributed by atoms with E-state index in [1.54, 1.807) is 19.5 Å². The van der Waals surface area contributed by atoms with Crippen molar-refractivity contribution in [2.24, 2.45) is 0 Å². The third kappa shape index (κ3) is 7.25. The Balaban J connectivity index is 0. The molecule has 76 valence electrons. The van der Waals surface area contributed by atoms with Gasteiger partial charge in [-0.25, -0.2) is 4.98 Å². The Morgan fingerprint density at radius 2 is 1.54 bits per heavy atom. The zero-order valence-corrected chi connectivity index (χ0v) is 9.46. The Hall–Kier alpha value is -1.12. The lowest BCUT2D eigenvalue weighted by Crippen LogP contribution is -1.88. The Morgan fingerprint density at radius 1 is 1.00 bits per heavy atom. The van der Waals surface area contributed by atoms with E-state index in [0.29, 0.717) is 5.88 Å². The molecule has 1 aromatic rings. The number of aromatic nitrogens is 2. The highest BCUT2D eigenvalue weighted by Crippen LogP contribution is 2.00. The maximum Gasteiger partial charge on any atom is 0.231 e. The molecule has 1 rings (SSSR count). The van der Waals surface area contributed by atoms with Crippen LogP contribution in [0, 0.1) is 6.92 Å². The molecule has 0 unspecified atom stereocenters. The fraction of sp³-hybridized carbons (Fsp3) is 0.600. The molecule has 0 spiro atoms. The Morgan fingerprint density at radius 3 is 1.85 bits per heavy atom. The first-order valence-corrected chi connectivity index (χ1v) is 4.65. The molecule has 1 heterocycles. The SMILES string of the molecule is CC.CC.COc1cnc(C)cn1. The van der Waals surface area contributed by atoms with E-state index in [1.807, 2.05) is 34.6 Å². The van der Waals surface area contributed by atoms with Crippen LogP contribution >= 0.6 is 0 Å². The van der Waals surface area contributed by atoms with E-state index < -0.39 is 0 Å². The van der Waals surface area contributed by atoms with Crippen LogP contribution in [0.4, 0.5) is 0 Å². The minimum atomic E-state index is 0.556. The lowest BCUT2D eigenvalue weighted by Gasteiger charge is -1.94. The summed E-state index contributed by atoms with van der Waals surface area (Å²) in [6.45, 7) is 9.88. The maximum atomic E-state index is 4.80. The van der Waals surface area contributed by atoms with Crippen molar-refractivity contribution in [3.8, 4) is 5.88 Å². The van der Waals surface area contributed by atoms with Gasteiger partial charge in [0.25, 0.3) is 0 Å². The molecule has 0 amide bonds. The number of methoxy groups -OCH3 is 1. The van der Waals surface area contributed by atoms with Crippen LogP contribution in [-0.4, -0.2) is 17.1 Å². The largest absolute Gasteiger partial charge is 0.480 e. The third-order valence-corrected chi connectivity index (χ3v) is 0.966. The van der Waals surface area contributed by atoms with Crippen LogP contribution in [0.3, 0.4) is 0 Å². The van der Waals surface area contributed by atoms with E-state index in [4.69, 9.17) is 4.74 Å². The van der Waals surface area contributed by atoms with Crippen molar-refractivity contribution in [1.29, 1.82) is 0 Å². The molecule has 0 saturated heterocycles. The molecule has 0 saturated carbocycles. The van der Waals surface area contributed by atoms with Gasteiger partial charge in [0.1, 0.15) is 0 Å². The Kier molecular flexibility index (Phi) is 12.1. The van der Waals surface area contributed by atoms with Crippen molar-refractivity contribution in [3.63, 3.8) is 0 Å². The van der Waals surface area contributed by atoms with Gasteiger partial charge in [-0.1, -0.05) is 27.7 Å². The first kappa shape index (κ1) is 14.4. The molecule has 0 aliphatic carbocycles. The van der Waals surface area contributed by atoms with E-state index >= 15 is 0 Å². The van der Waals surface area contributed by atoms with Gasteiger partial charge in [0.05, 0.1) is 25.2 Å². The zero-order chi connectivity index (χ0) is 10.7. The number of nitrogens with zero attached hydrogens (tertiary/aromatic N) is 2. The predicted octanol–water partition coefficient (Wildman–Crippen LogP) is 2.85. The summed E-state index contributed by atoms with van der Waals surface area (Å²) in [6, 6.07) is 0. The van der Waals surface area contributed by atoms with Gasteiger partial charge in [-0.15, -0.1) is 0 Å². The molecule has 3 heteroatoms. The van der Waals surface area contributed by atoms with Crippen molar-refractivity contribution in [3.05, 3.63) is 18.1 Å². The highest BCUT2D eigenvalue weighted by atomic mass is 16.5. The third-order valence-electron chi connectivity index (χ3n) is 0.966. The fourth-order valence-electron chi connectivity index (χ4n) is 0.486. The number of hydrogen-bond acceptors (Lipinski definition) is 3. The van der Waals surface area contributed by atoms with E-state index in [1.165, 1.54) is 0 Å². The minimum Gasteiger partial charge on any atom is -0.480 e. The van der Waals surface area contributed by atoms with Gasteiger partial charge in [0, 0.05) is 0 Å². The molecule has 0 fully saturated rings. The second-order valence-electron chi connectivity index (χ2n) is 1.70.